The van der Waals surface area contributed by atoms with E-state index in [1.165, 1.54) is 59.4 Å². The number of aliphatic hydroxyl groups is 2. The zero-order valence-electron chi connectivity index (χ0n) is 44.5. The summed E-state index contributed by atoms with van der Waals surface area (Å²) in [4.78, 5) is 66.6. The van der Waals surface area contributed by atoms with Crippen LogP contribution in [0.25, 0.3) is 10.8 Å². The molecular weight excluding hydrogens is 969 g/mol. The predicted octanol–water partition coefficient (Wildman–Crippen LogP) is 4.87. The number of anilines is 1. The molecule has 5 heterocycles. The third kappa shape index (κ3) is 11.5. The first kappa shape index (κ1) is 57.3. The number of hydrogen-bond acceptors (Lipinski definition) is 17. The van der Waals surface area contributed by atoms with Gasteiger partial charge in [0.1, 0.15) is 23.4 Å². The van der Waals surface area contributed by atoms with E-state index in [2.05, 4.69) is 26.0 Å². The number of phenols is 3. The number of amides is 3. The van der Waals surface area contributed by atoms with Crippen molar-refractivity contribution in [1.82, 2.24) is 20.5 Å². The smallest absolute Gasteiger partial charge is 0.312 e. The molecule has 20 heteroatoms. The summed E-state index contributed by atoms with van der Waals surface area (Å²) in [7, 11) is 3.42. The van der Waals surface area contributed by atoms with E-state index in [0.717, 1.165) is 18.7 Å². The standard InChI is InChI=1S/C43H58N4O12.C12H14N2O2/c1-21-12-11-13-22(2)42(55)45-33-28(20-44-47-17-15-46(9)16-18-47)37(52)30-31(38(33)53)36(51)26(6)40-32(30)41(54)43(8,59-40)57-19-14-29(56-10)23(3)39(58-27(7)48)25(5)35(50)24(4)34(21)49;1-2-12(9-6-4-3-5-7-9)10(15)13-8-14-11(12)16/h11-14,19-21,23-25,29,34-35,39,49-53H,15-18H2,1-10H3,(H,45,55);3-7H,2,8H2,1H3,(H,13,15)(H,14,16)/b12-11+,19-14+,22-13-,44-20+;/t21-,23+,24+,25+,29-,34-,35+,39+,43-;/m0./s1. The van der Waals surface area contributed by atoms with Crippen molar-refractivity contribution < 1.29 is 68.5 Å². The number of ether oxygens (including phenoxy) is 4. The number of carbonyl (C=O) groups excluding carboxylic acids is 5. The van der Waals surface area contributed by atoms with Crippen LogP contribution in [0.2, 0.25) is 0 Å². The molecule has 2 fully saturated rings. The summed E-state index contributed by atoms with van der Waals surface area (Å²) in [6.07, 6.45) is 5.31. The fourth-order valence-corrected chi connectivity index (χ4v) is 10.0. The molecule has 3 aromatic carbocycles. The molecule has 0 saturated carbocycles. The van der Waals surface area contributed by atoms with Gasteiger partial charge in [0.2, 0.25) is 11.8 Å². The SMILES string of the molecule is CCC1(c2ccccc2)C(=O)NCNC1=O.CO[C@H]1/C=C/O[C@@]2(C)Oc3c(C)c(O)c4c(O)c(c(/C=N/N5CCN(C)CC5)c(O)c4c3C2=O)NC(=O)/C(C)=C\C=C\[C@H](C)[C@H](O)[C@@H](C)[C@@H](O)[C@@H](C)[C@H](OC(C)=O)[C@@H]1C. The number of aliphatic hydroxyl groups excluding tert-OH is 2. The van der Waals surface area contributed by atoms with Gasteiger partial charge in [0.25, 0.3) is 11.7 Å². The Morgan fingerprint density at radius 3 is 2.12 bits per heavy atom. The van der Waals surface area contributed by atoms with Gasteiger partial charge >= 0.3 is 11.8 Å². The van der Waals surface area contributed by atoms with Crippen LogP contribution in [0.15, 0.2) is 71.6 Å². The number of aromatic hydroxyl groups is 3. The van der Waals surface area contributed by atoms with Gasteiger partial charge in [-0.3, -0.25) is 29.0 Å². The molecule has 406 valence electrons. The van der Waals surface area contributed by atoms with Gasteiger partial charge < -0.3 is 65.3 Å². The zero-order chi connectivity index (χ0) is 55.3. The van der Waals surface area contributed by atoms with Crippen LogP contribution in [0.4, 0.5) is 5.69 Å². The molecule has 75 heavy (non-hydrogen) atoms. The van der Waals surface area contributed by atoms with Crippen molar-refractivity contribution in [3.05, 3.63) is 88.7 Å². The monoisotopic (exact) mass is 1040 g/mol. The van der Waals surface area contributed by atoms with Crippen molar-refractivity contribution in [3.8, 4) is 23.0 Å². The lowest BCUT2D eigenvalue weighted by molar-refractivity contribution is -0.160. The second kappa shape index (κ2) is 23.7. The number of nitrogens with one attached hydrogen (secondary N) is 3. The summed E-state index contributed by atoms with van der Waals surface area (Å²) < 4.78 is 23.6. The Hall–Kier alpha value is -7.00. The van der Waals surface area contributed by atoms with E-state index in [1.807, 2.05) is 44.3 Å². The van der Waals surface area contributed by atoms with Gasteiger partial charge in [-0.05, 0) is 39.0 Å². The van der Waals surface area contributed by atoms with Crippen LogP contribution < -0.4 is 20.7 Å². The predicted molar refractivity (Wildman–Crippen MR) is 280 cm³/mol. The van der Waals surface area contributed by atoms with Crippen LogP contribution in [0.5, 0.6) is 23.0 Å². The molecule has 0 spiro atoms. The molecule has 8 rings (SSSR count). The third-order valence-corrected chi connectivity index (χ3v) is 14.9. The Bertz CT molecular complexity index is 2750. The van der Waals surface area contributed by atoms with Crippen LogP contribution >= 0.6 is 0 Å². The third-order valence-electron chi connectivity index (χ3n) is 14.9. The van der Waals surface area contributed by atoms with Crippen molar-refractivity contribution in [1.29, 1.82) is 0 Å². The number of rotatable bonds is 6. The highest BCUT2D eigenvalue weighted by Crippen LogP contribution is 2.55. The Morgan fingerprint density at radius 2 is 1.52 bits per heavy atom. The quantitative estimate of drug-likeness (QED) is 0.0538. The normalized spacial score (nSPS) is 29.2. The Morgan fingerprint density at radius 1 is 0.880 bits per heavy atom. The maximum Gasteiger partial charge on any atom is 0.312 e. The van der Waals surface area contributed by atoms with Gasteiger partial charge in [0, 0.05) is 87.3 Å². The molecule has 0 unspecified atom stereocenters. The lowest BCUT2D eigenvalue weighted by Crippen LogP contribution is -2.62. The van der Waals surface area contributed by atoms with E-state index in [1.54, 1.807) is 44.9 Å². The number of hydrazone groups is 1. The van der Waals surface area contributed by atoms with E-state index < -0.39 is 94.2 Å². The number of carbonyl (C=O) groups is 5. The molecular formula is C55H72N6O14. The molecule has 9 atom stereocenters. The average molecular weight is 1040 g/mol. The van der Waals surface area contributed by atoms with Crippen molar-refractivity contribution in [3.63, 3.8) is 0 Å². The number of allylic oxidation sites excluding steroid dienone is 2. The van der Waals surface area contributed by atoms with Crippen LogP contribution in [0.3, 0.4) is 0 Å². The van der Waals surface area contributed by atoms with E-state index in [0.29, 0.717) is 19.5 Å². The number of Topliss-reactive ketones (excluding diaryl/α,β-unsaturated/α-hetero) is 1. The number of fused-ring (bicyclic) bond motifs is 14. The fraction of sp³-hybridized carbons (Fsp3) is 0.491. The Labute approximate surface area is 437 Å². The molecule has 0 aliphatic carbocycles. The summed E-state index contributed by atoms with van der Waals surface area (Å²) in [5, 5.41) is 72.2. The first-order chi connectivity index (χ1) is 35.4. The van der Waals surface area contributed by atoms with Crippen LogP contribution in [0, 0.1) is 30.6 Å². The van der Waals surface area contributed by atoms with Gasteiger partial charge in [0.05, 0.1) is 59.7 Å². The minimum absolute atomic E-state index is 0.0559. The Kier molecular flexibility index (Phi) is 18.1. The van der Waals surface area contributed by atoms with E-state index >= 15 is 0 Å². The van der Waals surface area contributed by atoms with Gasteiger partial charge in [-0.25, -0.2) is 0 Å². The minimum Gasteiger partial charge on any atom is -0.507 e. The molecule has 3 amide bonds. The topological polar surface area (TPSA) is 278 Å². The van der Waals surface area contributed by atoms with Gasteiger partial charge in [-0.1, -0.05) is 83.2 Å². The van der Waals surface area contributed by atoms with Crippen LogP contribution in [-0.4, -0.2) is 148 Å². The largest absolute Gasteiger partial charge is 0.507 e. The first-order valence-electron chi connectivity index (χ1n) is 25.1. The van der Waals surface area contributed by atoms with E-state index in [9.17, 15) is 49.5 Å². The van der Waals surface area contributed by atoms with E-state index in [4.69, 9.17) is 18.9 Å². The molecule has 0 aromatic heterocycles. The lowest BCUT2D eigenvalue weighted by atomic mass is 9.75. The number of nitrogens with zero attached hydrogens (tertiary/aromatic N) is 3. The number of likely N-dealkylation sites (N-methyl/N-ethyl adjacent to an activating group) is 1. The number of esters is 1. The molecule has 3 aromatic rings. The van der Waals surface area contributed by atoms with Crippen molar-refractivity contribution in [2.75, 3.05) is 52.3 Å². The summed E-state index contributed by atoms with van der Waals surface area (Å²) in [6, 6.07) is 9.16. The lowest BCUT2D eigenvalue weighted by Gasteiger charge is -2.38. The zero-order valence-corrected chi connectivity index (χ0v) is 44.5. The highest BCUT2D eigenvalue weighted by molar-refractivity contribution is 6.24. The van der Waals surface area contributed by atoms with Crippen molar-refractivity contribution >= 4 is 52.1 Å². The molecule has 5 aliphatic heterocycles. The first-order valence-corrected chi connectivity index (χ1v) is 25.1. The summed E-state index contributed by atoms with van der Waals surface area (Å²) in [5.74, 6) is -8.78. The number of methoxy groups -OCH3 is 1. The fourth-order valence-electron chi connectivity index (χ4n) is 10.0. The Balaban J connectivity index is 0.000000483. The second-order valence-corrected chi connectivity index (χ2v) is 19.9. The van der Waals surface area contributed by atoms with Crippen molar-refractivity contribution in [2.45, 2.75) is 104 Å². The van der Waals surface area contributed by atoms with Gasteiger partial charge in [0.15, 0.2) is 11.2 Å². The number of benzene rings is 3. The molecule has 5 bridgehead atoms. The summed E-state index contributed by atoms with van der Waals surface area (Å²) in [6.45, 7) is 17.1. The van der Waals surface area contributed by atoms with Crippen LogP contribution in [0.1, 0.15) is 88.9 Å². The number of hydrogen-bond donors (Lipinski definition) is 8. The minimum atomic E-state index is -2.04. The maximum atomic E-state index is 14.4. The highest BCUT2D eigenvalue weighted by Gasteiger charge is 2.50. The molecule has 2 saturated heterocycles. The molecule has 0 radical (unpaired) electrons. The number of ketones is 1. The number of phenolic OH excluding ortho intramolecular Hbond substituents is 3. The van der Waals surface area contributed by atoms with E-state index in [-0.39, 0.29) is 63.0 Å². The summed E-state index contributed by atoms with van der Waals surface area (Å²) in [5.41, 5.74) is -0.677. The molecule has 8 N–H and O–H groups in total. The molecule has 5 aliphatic rings. The van der Waals surface area contributed by atoms with Gasteiger partial charge in [-0.2, -0.15) is 5.10 Å². The second-order valence-electron chi connectivity index (χ2n) is 19.9. The van der Waals surface area contributed by atoms with Gasteiger partial charge in [-0.15, -0.1) is 0 Å². The molecule has 20 nitrogen and oxygen atoms in total. The summed E-state index contributed by atoms with van der Waals surface area (Å²) >= 11 is 0. The van der Waals surface area contributed by atoms with Crippen LogP contribution in [-0.2, 0) is 38.8 Å². The van der Waals surface area contributed by atoms with Crippen molar-refractivity contribution in [2.24, 2.45) is 28.8 Å². The highest BCUT2D eigenvalue weighted by atomic mass is 16.7. The number of piperazine rings is 1. The average Bonchev–Trinajstić information content (AvgIpc) is 3.65. The maximum absolute atomic E-state index is 14.4.